The third-order valence-electron chi connectivity index (χ3n) is 5.35. The Balaban J connectivity index is 1.70. The van der Waals surface area contributed by atoms with Crippen LogP contribution in [0.25, 0.3) is 44.8 Å². The van der Waals surface area contributed by atoms with Crippen LogP contribution in [0, 0.1) is 6.92 Å². The van der Waals surface area contributed by atoms with E-state index in [2.05, 4.69) is 89.9 Å². The van der Waals surface area contributed by atoms with E-state index in [0.29, 0.717) is 0 Å². The Bertz CT molecular complexity index is 1250. The molecule has 0 aliphatic carbocycles. The SMILES string of the molecule is Cc1nc(-c2ccccc2)cc(-c2cc(-c3ccccc3)cc(-c3ccccc3)c2)n1. The maximum atomic E-state index is 4.79. The monoisotopic (exact) mass is 398 g/mol. The molecule has 0 saturated heterocycles. The first kappa shape index (κ1) is 19.0. The Morgan fingerprint density at radius 1 is 0.387 bits per heavy atom. The molecule has 4 aromatic carbocycles. The van der Waals surface area contributed by atoms with E-state index in [-0.39, 0.29) is 0 Å². The average Bonchev–Trinajstić information content (AvgIpc) is 2.85. The molecule has 0 bridgehead atoms. The maximum Gasteiger partial charge on any atom is 0.126 e. The normalized spacial score (nSPS) is 10.7. The van der Waals surface area contributed by atoms with Crippen LogP contribution in [0.3, 0.4) is 0 Å². The Labute approximate surface area is 182 Å². The zero-order chi connectivity index (χ0) is 21.0. The summed E-state index contributed by atoms with van der Waals surface area (Å²) in [6.45, 7) is 1.95. The van der Waals surface area contributed by atoms with Crippen molar-refractivity contribution in [2.24, 2.45) is 0 Å². The lowest BCUT2D eigenvalue weighted by atomic mass is 9.94. The summed E-state index contributed by atoms with van der Waals surface area (Å²) in [7, 11) is 0. The highest BCUT2D eigenvalue weighted by atomic mass is 14.9. The molecule has 0 saturated carbocycles. The molecule has 0 unspecified atom stereocenters. The first-order valence-corrected chi connectivity index (χ1v) is 10.4. The minimum Gasteiger partial charge on any atom is -0.233 e. The van der Waals surface area contributed by atoms with Gasteiger partial charge in [-0.15, -0.1) is 0 Å². The number of aromatic nitrogens is 2. The molecule has 1 aromatic heterocycles. The molecule has 31 heavy (non-hydrogen) atoms. The average molecular weight is 399 g/mol. The van der Waals surface area contributed by atoms with E-state index in [9.17, 15) is 0 Å². The van der Waals surface area contributed by atoms with Crippen LogP contribution in [0.5, 0.6) is 0 Å². The number of nitrogens with zero attached hydrogens (tertiary/aromatic N) is 2. The standard InChI is InChI=1S/C29H22N2/c1-21-30-28(24-15-9-4-10-16-24)20-29(31-21)27-18-25(22-11-5-2-6-12-22)17-26(19-27)23-13-7-3-8-14-23/h2-20H,1H3. The summed E-state index contributed by atoms with van der Waals surface area (Å²) >= 11 is 0. The van der Waals surface area contributed by atoms with Crippen LogP contribution >= 0.6 is 0 Å². The number of aryl methyl sites for hydroxylation is 1. The summed E-state index contributed by atoms with van der Waals surface area (Å²) in [4.78, 5) is 9.47. The lowest BCUT2D eigenvalue weighted by Crippen LogP contribution is -1.95. The summed E-state index contributed by atoms with van der Waals surface area (Å²) in [5.41, 5.74) is 8.78. The maximum absolute atomic E-state index is 4.79. The van der Waals surface area contributed by atoms with Crippen molar-refractivity contribution in [3.8, 4) is 44.8 Å². The van der Waals surface area contributed by atoms with Gasteiger partial charge in [0.1, 0.15) is 5.82 Å². The highest BCUT2D eigenvalue weighted by molar-refractivity contribution is 5.81. The van der Waals surface area contributed by atoms with Gasteiger partial charge in [-0.05, 0) is 53.4 Å². The van der Waals surface area contributed by atoms with Gasteiger partial charge in [-0.25, -0.2) is 9.97 Å². The molecule has 0 spiro atoms. The smallest absolute Gasteiger partial charge is 0.126 e. The van der Waals surface area contributed by atoms with E-state index in [4.69, 9.17) is 4.98 Å². The molecule has 0 N–H and O–H groups in total. The van der Waals surface area contributed by atoms with Gasteiger partial charge in [-0.3, -0.25) is 0 Å². The molecule has 1 heterocycles. The van der Waals surface area contributed by atoms with Crippen molar-refractivity contribution in [1.82, 2.24) is 9.97 Å². The lowest BCUT2D eigenvalue weighted by Gasteiger charge is -2.12. The van der Waals surface area contributed by atoms with Crippen LogP contribution in [0.15, 0.2) is 115 Å². The van der Waals surface area contributed by atoms with Crippen LogP contribution < -0.4 is 0 Å². The first-order chi connectivity index (χ1) is 15.3. The van der Waals surface area contributed by atoms with Crippen LogP contribution in [0.4, 0.5) is 0 Å². The predicted octanol–water partition coefficient (Wildman–Crippen LogP) is 7.45. The Kier molecular flexibility index (Phi) is 5.12. The molecular formula is C29H22N2. The zero-order valence-electron chi connectivity index (χ0n) is 17.4. The minimum atomic E-state index is 0.766. The van der Waals surface area contributed by atoms with Crippen molar-refractivity contribution < 1.29 is 0 Å². The van der Waals surface area contributed by atoms with Gasteiger partial charge < -0.3 is 0 Å². The van der Waals surface area contributed by atoms with Gasteiger partial charge in [-0.1, -0.05) is 91.0 Å². The summed E-state index contributed by atoms with van der Waals surface area (Å²) in [6, 6.07) is 40.0. The topological polar surface area (TPSA) is 25.8 Å². The van der Waals surface area contributed by atoms with E-state index in [1.54, 1.807) is 0 Å². The molecular weight excluding hydrogens is 376 g/mol. The second-order valence-electron chi connectivity index (χ2n) is 7.58. The molecule has 0 amide bonds. The second kappa shape index (κ2) is 8.37. The molecule has 0 aliphatic heterocycles. The van der Waals surface area contributed by atoms with E-state index < -0.39 is 0 Å². The zero-order valence-corrected chi connectivity index (χ0v) is 17.4. The van der Waals surface area contributed by atoms with Gasteiger partial charge in [0.25, 0.3) is 0 Å². The number of hydrogen-bond donors (Lipinski definition) is 0. The van der Waals surface area contributed by atoms with Crippen LogP contribution in [0.2, 0.25) is 0 Å². The van der Waals surface area contributed by atoms with E-state index in [1.807, 2.05) is 37.3 Å². The highest BCUT2D eigenvalue weighted by Gasteiger charge is 2.11. The summed E-state index contributed by atoms with van der Waals surface area (Å²) in [5, 5.41) is 0. The number of benzene rings is 4. The fourth-order valence-corrected chi connectivity index (χ4v) is 3.84. The molecule has 148 valence electrons. The second-order valence-corrected chi connectivity index (χ2v) is 7.58. The van der Waals surface area contributed by atoms with Gasteiger partial charge in [0, 0.05) is 11.1 Å². The molecule has 5 aromatic rings. The third-order valence-corrected chi connectivity index (χ3v) is 5.35. The predicted molar refractivity (Wildman–Crippen MR) is 129 cm³/mol. The van der Waals surface area contributed by atoms with Gasteiger partial charge in [0.2, 0.25) is 0 Å². The van der Waals surface area contributed by atoms with Crippen molar-refractivity contribution in [2.75, 3.05) is 0 Å². The largest absolute Gasteiger partial charge is 0.233 e. The number of hydrogen-bond acceptors (Lipinski definition) is 2. The van der Waals surface area contributed by atoms with Gasteiger partial charge in [0.05, 0.1) is 11.4 Å². The third kappa shape index (κ3) is 4.15. The number of rotatable bonds is 4. The van der Waals surface area contributed by atoms with Crippen LogP contribution in [0.1, 0.15) is 5.82 Å². The molecule has 0 aliphatic rings. The fourth-order valence-electron chi connectivity index (χ4n) is 3.84. The molecule has 0 radical (unpaired) electrons. The van der Waals surface area contributed by atoms with E-state index >= 15 is 0 Å². The molecule has 0 fully saturated rings. The Morgan fingerprint density at radius 3 is 1.26 bits per heavy atom. The van der Waals surface area contributed by atoms with Crippen molar-refractivity contribution in [1.29, 1.82) is 0 Å². The highest BCUT2D eigenvalue weighted by Crippen LogP contribution is 2.33. The van der Waals surface area contributed by atoms with Crippen molar-refractivity contribution in [3.63, 3.8) is 0 Å². The van der Waals surface area contributed by atoms with Crippen molar-refractivity contribution in [2.45, 2.75) is 6.92 Å². The fraction of sp³-hybridized carbons (Fsp3) is 0.0345. The molecule has 0 atom stereocenters. The lowest BCUT2D eigenvalue weighted by molar-refractivity contribution is 1.06. The van der Waals surface area contributed by atoms with Gasteiger partial charge in [-0.2, -0.15) is 0 Å². The van der Waals surface area contributed by atoms with Crippen molar-refractivity contribution in [3.05, 3.63) is 121 Å². The van der Waals surface area contributed by atoms with Crippen LogP contribution in [-0.4, -0.2) is 9.97 Å². The minimum absolute atomic E-state index is 0.766. The Morgan fingerprint density at radius 2 is 0.774 bits per heavy atom. The summed E-state index contributed by atoms with van der Waals surface area (Å²) in [5.74, 6) is 0.766. The van der Waals surface area contributed by atoms with Gasteiger partial charge in [0.15, 0.2) is 0 Å². The first-order valence-electron chi connectivity index (χ1n) is 10.4. The van der Waals surface area contributed by atoms with Gasteiger partial charge >= 0.3 is 0 Å². The Hall–Kier alpha value is -4.04. The summed E-state index contributed by atoms with van der Waals surface area (Å²) in [6.07, 6.45) is 0. The quantitative estimate of drug-likeness (QED) is 0.314. The van der Waals surface area contributed by atoms with Crippen molar-refractivity contribution >= 4 is 0 Å². The molecule has 5 rings (SSSR count). The summed E-state index contributed by atoms with van der Waals surface area (Å²) < 4.78 is 0. The molecule has 2 nitrogen and oxygen atoms in total. The molecule has 2 heteroatoms. The van der Waals surface area contributed by atoms with Crippen LogP contribution in [-0.2, 0) is 0 Å². The van der Waals surface area contributed by atoms with E-state index in [1.165, 1.54) is 22.3 Å². The van der Waals surface area contributed by atoms with E-state index in [0.717, 1.165) is 28.3 Å².